The van der Waals surface area contributed by atoms with Crippen molar-refractivity contribution >= 4 is 27.5 Å². The second kappa shape index (κ2) is 8.19. The fourth-order valence-corrected chi connectivity index (χ4v) is 4.76. The van der Waals surface area contributed by atoms with Crippen molar-refractivity contribution in [2.24, 2.45) is 0 Å². The molecule has 0 aliphatic carbocycles. The van der Waals surface area contributed by atoms with Crippen LogP contribution in [0.3, 0.4) is 0 Å². The van der Waals surface area contributed by atoms with Crippen LogP contribution in [0.4, 0.5) is 0 Å². The van der Waals surface area contributed by atoms with Crippen LogP contribution in [-0.2, 0) is 0 Å². The van der Waals surface area contributed by atoms with Gasteiger partial charge in [0.1, 0.15) is 5.01 Å². The number of rotatable bonds is 6. The fraction of sp³-hybridized carbons (Fsp3) is 0.364. The van der Waals surface area contributed by atoms with Gasteiger partial charge in [-0.1, -0.05) is 12.1 Å². The normalized spacial score (nSPS) is 16.5. The molecule has 1 aliphatic heterocycles. The summed E-state index contributed by atoms with van der Waals surface area (Å²) in [6.45, 7) is 5.68. The van der Waals surface area contributed by atoms with Crippen molar-refractivity contribution in [3.63, 3.8) is 0 Å². The molecule has 0 saturated carbocycles. The summed E-state index contributed by atoms with van der Waals surface area (Å²) in [5.74, 6) is 1.31. The number of para-hydroxylation sites is 1. The summed E-state index contributed by atoms with van der Waals surface area (Å²) in [5.41, 5.74) is 1.63. The molecule has 28 heavy (non-hydrogen) atoms. The van der Waals surface area contributed by atoms with Crippen LogP contribution in [0.15, 0.2) is 42.5 Å². The summed E-state index contributed by atoms with van der Waals surface area (Å²) in [4.78, 5) is 20.0. The molecule has 2 aromatic carbocycles. The molecule has 1 amide bonds. The van der Waals surface area contributed by atoms with E-state index < -0.39 is 0 Å². The number of aromatic nitrogens is 1. The highest BCUT2D eigenvalue weighted by Gasteiger charge is 2.33. The maximum absolute atomic E-state index is 13.3. The van der Waals surface area contributed by atoms with E-state index in [4.69, 9.17) is 14.5 Å². The Morgan fingerprint density at radius 3 is 2.71 bits per heavy atom. The van der Waals surface area contributed by atoms with E-state index in [1.165, 1.54) is 0 Å². The number of fused-ring (bicyclic) bond motifs is 1. The molecule has 3 aromatic rings. The van der Waals surface area contributed by atoms with Gasteiger partial charge < -0.3 is 14.4 Å². The molecule has 6 heteroatoms. The van der Waals surface area contributed by atoms with Crippen molar-refractivity contribution in [1.29, 1.82) is 0 Å². The highest BCUT2D eigenvalue weighted by molar-refractivity contribution is 7.18. The molecule has 0 N–H and O–H groups in total. The molecular weight excluding hydrogens is 372 g/mol. The van der Waals surface area contributed by atoms with Crippen molar-refractivity contribution in [3.05, 3.63) is 53.0 Å². The maximum atomic E-state index is 13.3. The number of nitrogens with zero attached hydrogens (tertiary/aromatic N) is 2. The Hall–Kier alpha value is -2.60. The molecule has 1 unspecified atom stereocenters. The lowest BCUT2D eigenvalue weighted by Gasteiger charge is -2.23. The number of thiazole rings is 1. The lowest BCUT2D eigenvalue weighted by atomic mass is 10.1. The largest absolute Gasteiger partial charge is 0.490 e. The minimum Gasteiger partial charge on any atom is -0.490 e. The van der Waals surface area contributed by atoms with Gasteiger partial charge in [0.2, 0.25) is 0 Å². The quantitative estimate of drug-likeness (QED) is 0.584. The lowest BCUT2D eigenvalue weighted by molar-refractivity contribution is 0.0735. The zero-order chi connectivity index (χ0) is 19.5. The summed E-state index contributed by atoms with van der Waals surface area (Å²) in [6, 6.07) is 13.6. The maximum Gasteiger partial charge on any atom is 0.254 e. The minimum atomic E-state index is 0.0192. The van der Waals surface area contributed by atoms with E-state index in [0.29, 0.717) is 30.3 Å². The third-order valence-electron chi connectivity index (χ3n) is 4.90. The SMILES string of the molecule is CCOc1ccc(C(=O)N2CCCC2c2nc3ccccc3s2)cc1OCC. The first-order valence-corrected chi connectivity index (χ1v) is 10.6. The van der Waals surface area contributed by atoms with Gasteiger partial charge in [-0.05, 0) is 57.0 Å². The Balaban J connectivity index is 1.62. The Bertz CT molecular complexity index is 952. The molecule has 2 heterocycles. The van der Waals surface area contributed by atoms with Gasteiger partial charge in [-0.3, -0.25) is 4.79 Å². The molecule has 0 bridgehead atoms. The van der Waals surface area contributed by atoms with Crippen LogP contribution in [-0.4, -0.2) is 35.5 Å². The minimum absolute atomic E-state index is 0.0192. The standard InChI is InChI=1S/C22H24N2O3S/c1-3-26-18-12-11-15(14-19(18)27-4-2)22(25)24-13-7-9-17(24)21-23-16-8-5-6-10-20(16)28-21/h5-6,8,10-12,14,17H,3-4,7,9,13H2,1-2H3. The topological polar surface area (TPSA) is 51.7 Å². The highest BCUT2D eigenvalue weighted by Crippen LogP contribution is 2.38. The van der Waals surface area contributed by atoms with Crippen LogP contribution in [0.25, 0.3) is 10.2 Å². The Morgan fingerprint density at radius 1 is 1.14 bits per heavy atom. The average Bonchev–Trinajstić information content (AvgIpc) is 3.35. The number of benzene rings is 2. The van der Waals surface area contributed by atoms with Crippen molar-refractivity contribution in [3.8, 4) is 11.5 Å². The van der Waals surface area contributed by atoms with Gasteiger partial charge in [0.05, 0.1) is 29.5 Å². The van der Waals surface area contributed by atoms with Crippen LogP contribution in [0.1, 0.15) is 48.1 Å². The number of carbonyl (C=O) groups is 1. The summed E-state index contributed by atoms with van der Waals surface area (Å²) in [5, 5.41) is 1.02. The Labute approximate surface area is 168 Å². The third kappa shape index (κ3) is 3.56. The molecule has 1 aromatic heterocycles. The van der Waals surface area contributed by atoms with Crippen LogP contribution in [0, 0.1) is 0 Å². The molecule has 5 nitrogen and oxygen atoms in total. The van der Waals surface area contributed by atoms with Gasteiger partial charge in [0.25, 0.3) is 5.91 Å². The highest BCUT2D eigenvalue weighted by atomic mass is 32.1. The van der Waals surface area contributed by atoms with Crippen LogP contribution in [0.5, 0.6) is 11.5 Å². The average molecular weight is 397 g/mol. The first kappa shape index (κ1) is 18.7. The van der Waals surface area contributed by atoms with Gasteiger partial charge in [0.15, 0.2) is 11.5 Å². The fourth-order valence-electron chi connectivity index (χ4n) is 3.65. The smallest absolute Gasteiger partial charge is 0.254 e. The molecule has 1 atom stereocenters. The zero-order valence-corrected chi connectivity index (χ0v) is 17.0. The van der Waals surface area contributed by atoms with E-state index in [1.54, 1.807) is 17.4 Å². The zero-order valence-electron chi connectivity index (χ0n) is 16.2. The van der Waals surface area contributed by atoms with Crippen LogP contribution >= 0.6 is 11.3 Å². The first-order chi connectivity index (χ1) is 13.7. The molecular formula is C22H24N2O3S. The molecule has 1 aliphatic rings. The van der Waals surface area contributed by atoms with Crippen LogP contribution in [0.2, 0.25) is 0 Å². The van der Waals surface area contributed by atoms with Crippen molar-refractivity contribution in [2.45, 2.75) is 32.7 Å². The number of hydrogen-bond acceptors (Lipinski definition) is 5. The molecule has 4 rings (SSSR count). The van der Waals surface area contributed by atoms with E-state index in [0.717, 1.165) is 34.6 Å². The molecule has 1 fully saturated rings. The monoisotopic (exact) mass is 396 g/mol. The summed E-state index contributed by atoms with van der Waals surface area (Å²) >= 11 is 1.68. The molecule has 146 valence electrons. The van der Waals surface area contributed by atoms with Crippen LogP contribution < -0.4 is 9.47 Å². The third-order valence-corrected chi connectivity index (χ3v) is 6.04. The van der Waals surface area contributed by atoms with E-state index in [1.807, 2.05) is 49.1 Å². The number of carbonyl (C=O) groups excluding carboxylic acids is 1. The number of ether oxygens (including phenoxy) is 2. The first-order valence-electron chi connectivity index (χ1n) is 9.77. The number of amides is 1. The second-order valence-corrected chi connectivity index (χ2v) is 7.77. The predicted octanol–water partition coefficient (Wildman–Crippen LogP) is 5.07. The predicted molar refractivity (Wildman–Crippen MR) is 111 cm³/mol. The lowest BCUT2D eigenvalue weighted by Crippen LogP contribution is -2.30. The van der Waals surface area contributed by atoms with Crippen molar-refractivity contribution < 1.29 is 14.3 Å². The number of hydrogen-bond donors (Lipinski definition) is 0. The van der Waals surface area contributed by atoms with Gasteiger partial charge in [-0.2, -0.15) is 0 Å². The van der Waals surface area contributed by atoms with E-state index >= 15 is 0 Å². The van der Waals surface area contributed by atoms with Gasteiger partial charge in [-0.25, -0.2) is 4.98 Å². The molecule has 0 spiro atoms. The summed E-state index contributed by atoms with van der Waals surface area (Å²) in [6.07, 6.45) is 1.93. The molecule has 1 saturated heterocycles. The summed E-state index contributed by atoms with van der Waals surface area (Å²) in [7, 11) is 0. The van der Waals surface area contributed by atoms with Gasteiger partial charge in [-0.15, -0.1) is 11.3 Å². The Kier molecular flexibility index (Phi) is 5.48. The van der Waals surface area contributed by atoms with Gasteiger partial charge in [0, 0.05) is 12.1 Å². The molecule has 0 radical (unpaired) electrons. The Morgan fingerprint density at radius 2 is 1.93 bits per heavy atom. The van der Waals surface area contributed by atoms with Crippen molar-refractivity contribution in [2.75, 3.05) is 19.8 Å². The van der Waals surface area contributed by atoms with E-state index in [-0.39, 0.29) is 11.9 Å². The second-order valence-electron chi connectivity index (χ2n) is 6.70. The summed E-state index contributed by atoms with van der Waals surface area (Å²) < 4.78 is 12.5. The number of likely N-dealkylation sites (tertiary alicyclic amines) is 1. The van der Waals surface area contributed by atoms with E-state index in [2.05, 4.69) is 6.07 Å². The van der Waals surface area contributed by atoms with Gasteiger partial charge >= 0.3 is 0 Å². The van der Waals surface area contributed by atoms with E-state index in [9.17, 15) is 4.79 Å². The van der Waals surface area contributed by atoms with Crippen molar-refractivity contribution in [1.82, 2.24) is 9.88 Å².